The minimum Gasteiger partial charge on any atom is -0.493 e. The van der Waals surface area contributed by atoms with Gasteiger partial charge >= 0.3 is 0 Å². The lowest BCUT2D eigenvalue weighted by Gasteiger charge is -2.13. The standard InChI is InChI=1S/C29H28FNO4/c1-18-23(12-20-13-26(33-2)29(35-4)27(14-20)34-3)22-11-10-21(30)15-25(22)24(18)16-28(32)31-17-19-8-6-5-7-9-19/h5-15H,16-17H2,1-4H3,(H,31,32)/b23-12+. The maximum atomic E-state index is 14.2. The highest BCUT2D eigenvalue weighted by atomic mass is 19.1. The van der Waals surface area contributed by atoms with Crippen LogP contribution in [0.5, 0.6) is 17.2 Å². The second-order valence-corrected chi connectivity index (χ2v) is 8.25. The van der Waals surface area contributed by atoms with Gasteiger partial charge in [-0.2, -0.15) is 0 Å². The molecule has 3 aromatic rings. The topological polar surface area (TPSA) is 56.8 Å². The van der Waals surface area contributed by atoms with Crippen molar-refractivity contribution in [2.45, 2.75) is 19.9 Å². The van der Waals surface area contributed by atoms with E-state index >= 15 is 0 Å². The van der Waals surface area contributed by atoms with E-state index in [-0.39, 0.29) is 18.1 Å². The number of benzene rings is 3. The summed E-state index contributed by atoms with van der Waals surface area (Å²) >= 11 is 0. The van der Waals surface area contributed by atoms with Crippen molar-refractivity contribution < 1.29 is 23.4 Å². The van der Waals surface area contributed by atoms with Crippen LogP contribution in [0.15, 0.2) is 66.2 Å². The lowest BCUT2D eigenvalue weighted by Crippen LogP contribution is -2.22. The van der Waals surface area contributed by atoms with Gasteiger partial charge in [-0.05, 0) is 76.2 Å². The van der Waals surface area contributed by atoms with Crippen LogP contribution < -0.4 is 19.5 Å². The Hall–Kier alpha value is -4.06. The Morgan fingerprint density at radius 3 is 2.23 bits per heavy atom. The summed E-state index contributed by atoms with van der Waals surface area (Å²) in [5.41, 5.74) is 6.11. The summed E-state index contributed by atoms with van der Waals surface area (Å²) in [7, 11) is 4.70. The maximum Gasteiger partial charge on any atom is 0.224 e. The second-order valence-electron chi connectivity index (χ2n) is 8.25. The molecule has 0 heterocycles. The van der Waals surface area contributed by atoms with Crippen molar-refractivity contribution in [1.29, 1.82) is 0 Å². The lowest BCUT2D eigenvalue weighted by atomic mass is 10.00. The summed E-state index contributed by atoms with van der Waals surface area (Å²) in [5.74, 6) is 1.13. The number of methoxy groups -OCH3 is 3. The van der Waals surface area contributed by atoms with Gasteiger partial charge in [0.15, 0.2) is 11.5 Å². The van der Waals surface area contributed by atoms with E-state index in [0.717, 1.165) is 39.0 Å². The first-order chi connectivity index (χ1) is 16.9. The molecule has 1 N–H and O–H groups in total. The molecule has 5 nitrogen and oxygen atoms in total. The predicted octanol–water partition coefficient (Wildman–Crippen LogP) is 5.89. The molecule has 0 radical (unpaired) electrons. The van der Waals surface area contributed by atoms with Gasteiger partial charge in [-0.1, -0.05) is 36.4 Å². The van der Waals surface area contributed by atoms with E-state index in [1.807, 2.05) is 55.5 Å². The van der Waals surface area contributed by atoms with Crippen molar-refractivity contribution in [3.8, 4) is 17.2 Å². The fourth-order valence-corrected chi connectivity index (χ4v) is 4.35. The predicted molar refractivity (Wildman–Crippen MR) is 136 cm³/mol. The van der Waals surface area contributed by atoms with Gasteiger partial charge < -0.3 is 19.5 Å². The first-order valence-electron chi connectivity index (χ1n) is 11.3. The van der Waals surface area contributed by atoms with Gasteiger partial charge in [-0.3, -0.25) is 4.79 Å². The number of halogens is 1. The number of carbonyl (C=O) groups excluding carboxylic acids is 1. The van der Waals surface area contributed by atoms with Gasteiger partial charge in [0, 0.05) is 6.54 Å². The second kappa shape index (κ2) is 10.5. The van der Waals surface area contributed by atoms with E-state index in [9.17, 15) is 9.18 Å². The normalized spacial score (nSPS) is 13.6. The molecule has 0 spiro atoms. The summed E-state index contributed by atoms with van der Waals surface area (Å²) in [4.78, 5) is 12.8. The average Bonchev–Trinajstić information content (AvgIpc) is 3.12. The fraction of sp³-hybridized carbons (Fsp3) is 0.207. The Morgan fingerprint density at radius 2 is 1.60 bits per heavy atom. The third kappa shape index (κ3) is 5.06. The number of allylic oxidation sites excluding steroid dienone is 2. The summed E-state index contributed by atoms with van der Waals surface area (Å²) in [6, 6.07) is 18.1. The largest absolute Gasteiger partial charge is 0.493 e. The molecular weight excluding hydrogens is 445 g/mol. The van der Waals surface area contributed by atoms with Crippen LogP contribution in [0.25, 0.3) is 17.2 Å². The Morgan fingerprint density at radius 1 is 0.914 bits per heavy atom. The van der Waals surface area contributed by atoms with Gasteiger partial charge in [0.05, 0.1) is 27.8 Å². The van der Waals surface area contributed by atoms with Gasteiger partial charge in [-0.15, -0.1) is 0 Å². The van der Waals surface area contributed by atoms with Crippen molar-refractivity contribution in [2.75, 3.05) is 21.3 Å². The van der Waals surface area contributed by atoms with Gasteiger partial charge in [-0.25, -0.2) is 4.39 Å². The van der Waals surface area contributed by atoms with Crippen molar-refractivity contribution in [1.82, 2.24) is 5.32 Å². The molecule has 1 aliphatic rings. The van der Waals surface area contributed by atoms with Crippen LogP contribution in [0.4, 0.5) is 4.39 Å². The molecule has 0 atom stereocenters. The molecule has 0 saturated carbocycles. The summed E-state index contributed by atoms with van der Waals surface area (Å²) < 4.78 is 30.6. The van der Waals surface area contributed by atoms with Crippen LogP contribution in [0.1, 0.15) is 35.6 Å². The molecule has 1 aliphatic carbocycles. The van der Waals surface area contributed by atoms with Gasteiger partial charge in [0.1, 0.15) is 5.82 Å². The third-order valence-corrected chi connectivity index (χ3v) is 6.12. The number of hydrogen-bond donors (Lipinski definition) is 1. The average molecular weight is 474 g/mol. The van der Waals surface area contributed by atoms with Crippen LogP contribution >= 0.6 is 0 Å². The number of amides is 1. The van der Waals surface area contributed by atoms with Crippen LogP contribution in [0, 0.1) is 5.82 Å². The molecule has 4 rings (SSSR count). The number of nitrogens with one attached hydrogen (secondary N) is 1. The quantitative estimate of drug-likeness (QED) is 0.444. The number of ether oxygens (including phenoxy) is 3. The summed E-state index contributed by atoms with van der Waals surface area (Å²) in [6.45, 7) is 2.40. The molecule has 0 fully saturated rings. The molecule has 1 amide bonds. The molecule has 0 bridgehead atoms. The van der Waals surface area contributed by atoms with Crippen molar-refractivity contribution >= 4 is 23.1 Å². The molecule has 180 valence electrons. The number of hydrogen-bond acceptors (Lipinski definition) is 4. The van der Waals surface area contributed by atoms with E-state index in [1.54, 1.807) is 27.4 Å². The molecular formula is C29H28FNO4. The molecule has 0 saturated heterocycles. The Balaban J connectivity index is 1.69. The first kappa shape index (κ1) is 24.1. The van der Waals surface area contributed by atoms with E-state index in [2.05, 4.69) is 5.32 Å². The molecule has 0 aromatic heterocycles. The van der Waals surface area contributed by atoms with Crippen molar-refractivity contribution in [2.24, 2.45) is 0 Å². The Labute approximate surface area is 204 Å². The summed E-state index contributed by atoms with van der Waals surface area (Å²) in [6.07, 6.45) is 2.15. The zero-order chi connectivity index (χ0) is 24.9. The number of carbonyl (C=O) groups is 1. The molecule has 35 heavy (non-hydrogen) atoms. The lowest BCUT2D eigenvalue weighted by molar-refractivity contribution is -0.120. The minimum absolute atomic E-state index is 0.118. The monoisotopic (exact) mass is 473 g/mol. The van der Waals surface area contributed by atoms with E-state index in [1.165, 1.54) is 12.1 Å². The number of rotatable bonds is 8. The van der Waals surface area contributed by atoms with Crippen molar-refractivity contribution in [3.63, 3.8) is 0 Å². The molecule has 0 aliphatic heterocycles. The zero-order valence-electron chi connectivity index (χ0n) is 20.3. The number of fused-ring (bicyclic) bond motifs is 1. The van der Waals surface area contributed by atoms with E-state index in [0.29, 0.717) is 23.8 Å². The molecule has 3 aromatic carbocycles. The first-order valence-corrected chi connectivity index (χ1v) is 11.3. The SMILES string of the molecule is COc1cc(/C=C2\C(C)=C(CC(=O)NCc3ccccc3)c3cc(F)ccc32)cc(OC)c1OC. The van der Waals surface area contributed by atoms with Crippen molar-refractivity contribution in [3.05, 3.63) is 94.3 Å². The molecule has 6 heteroatoms. The highest BCUT2D eigenvalue weighted by Crippen LogP contribution is 2.45. The fourth-order valence-electron chi connectivity index (χ4n) is 4.35. The van der Waals surface area contributed by atoms with Gasteiger partial charge in [0.2, 0.25) is 11.7 Å². The van der Waals surface area contributed by atoms with Crippen LogP contribution in [-0.4, -0.2) is 27.2 Å². The Kier molecular flexibility index (Phi) is 7.20. The minimum atomic E-state index is -0.340. The van der Waals surface area contributed by atoms with Crippen LogP contribution in [-0.2, 0) is 11.3 Å². The van der Waals surface area contributed by atoms with E-state index < -0.39 is 0 Å². The molecule has 0 unspecified atom stereocenters. The van der Waals surface area contributed by atoms with Crippen LogP contribution in [0.3, 0.4) is 0 Å². The van der Waals surface area contributed by atoms with Crippen LogP contribution in [0.2, 0.25) is 0 Å². The summed E-state index contributed by atoms with van der Waals surface area (Å²) in [5, 5.41) is 2.97. The van der Waals surface area contributed by atoms with Gasteiger partial charge in [0.25, 0.3) is 0 Å². The third-order valence-electron chi connectivity index (χ3n) is 6.12. The smallest absolute Gasteiger partial charge is 0.224 e. The van der Waals surface area contributed by atoms with E-state index in [4.69, 9.17) is 14.2 Å². The highest BCUT2D eigenvalue weighted by Gasteiger charge is 2.26. The highest BCUT2D eigenvalue weighted by molar-refractivity contribution is 6.08. The maximum absolute atomic E-state index is 14.2. The zero-order valence-corrected chi connectivity index (χ0v) is 20.3. The Bertz CT molecular complexity index is 1290.